The Morgan fingerprint density at radius 2 is 1.96 bits per heavy atom. The van der Waals surface area contributed by atoms with E-state index in [1.807, 2.05) is 24.3 Å². The topological polar surface area (TPSA) is 67.4 Å². The summed E-state index contributed by atoms with van der Waals surface area (Å²) in [6.45, 7) is 3.09. The lowest BCUT2D eigenvalue weighted by molar-refractivity contribution is 0.102. The lowest BCUT2D eigenvalue weighted by atomic mass is 10.1. The SMILES string of the molecule is O=C(Nc1ccc(N2CCOCC2)c2cccnc12)c1cc(Cl)ccn1. The first-order chi connectivity index (χ1) is 12.7. The number of nitrogens with zero attached hydrogens (tertiary/aromatic N) is 3. The first kappa shape index (κ1) is 16.8. The molecule has 3 aromatic rings. The molecule has 0 bridgehead atoms. The number of benzene rings is 1. The summed E-state index contributed by atoms with van der Waals surface area (Å²) < 4.78 is 5.44. The number of halogens is 1. The van der Waals surface area contributed by atoms with Crippen molar-refractivity contribution in [2.24, 2.45) is 0 Å². The number of fused-ring (bicyclic) bond motifs is 1. The number of hydrogen-bond acceptors (Lipinski definition) is 5. The molecule has 0 aliphatic carbocycles. The quantitative estimate of drug-likeness (QED) is 0.767. The van der Waals surface area contributed by atoms with E-state index < -0.39 is 0 Å². The van der Waals surface area contributed by atoms with E-state index in [1.54, 1.807) is 12.3 Å². The molecule has 6 nitrogen and oxygen atoms in total. The van der Waals surface area contributed by atoms with Crippen LogP contribution in [-0.2, 0) is 4.74 Å². The molecule has 3 heterocycles. The highest BCUT2D eigenvalue weighted by atomic mass is 35.5. The summed E-state index contributed by atoms with van der Waals surface area (Å²) in [7, 11) is 0. The largest absolute Gasteiger partial charge is 0.378 e. The van der Waals surface area contributed by atoms with Crippen LogP contribution < -0.4 is 10.2 Å². The Balaban J connectivity index is 1.69. The Morgan fingerprint density at radius 3 is 2.77 bits per heavy atom. The first-order valence-electron chi connectivity index (χ1n) is 8.36. The van der Waals surface area contributed by atoms with Gasteiger partial charge >= 0.3 is 0 Å². The number of carbonyl (C=O) groups excluding carboxylic acids is 1. The van der Waals surface area contributed by atoms with E-state index in [-0.39, 0.29) is 11.6 Å². The van der Waals surface area contributed by atoms with Crippen LogP contribution in [0.3, 0.4) is 0 Å². The molecule has 1 saturated heterocycles. The fraction of sp³-hybridized carbons (Fsp3) is 0.211. The van der Waals surface area contributed by atoms with Gasteiger partial charge in [-0.25, -0.2) is 0 Å². The third kappa shape index (κ3) is 3.34. The van der Waals surface area contributed by atoms with Crippen LogP contribution >= 0.6 is 11.6 Å². The van der Waals surface area contributed by atoms with Crippen LogP contribution in [0.1, 0.15) is 10.5 Å². The van der Waals surface area contributed by atoms with Crippen LogP contribution in [0, 0.1) is 0 Å². The average Bonchev–Trinajstić information content (AvgIpc) is 2.69. The maximum atomic E-state index is 12.5. The van der Waals surface area contributed by atoms with Gasteiger partial charge in [0.2, 0.25) is 0 Å². The molecule has 0 saturated carbocycles. The van der Waals surface area contributed by atoms with Gasteiger partial charge in [-0.2, -0.15) is 0 Å². The van der Waals surface area contributed by atoms with E-state index in [4.69, 9.17) is 16.3 Å². The number of morpholine rings is 1. The highest BCUT2D eigenvalue weighted by molar-refractivity contribution is 6.31. The number of amides is 1. The number of rotatable bonds is 3. The Labute approximate surface area is 155 Å². The van der Waals surface area contributed by atoms with Crippen molar-refractivity contribution in [3.8, 4) is 0 Å². The molecule has 1 aliphatic rings. The molecule has 0 unspecified atom stereocenters. The molecule has 2 aromatic heterocycles. The predicted octanol–water partition coefficient (Wildman–Crippen LogP) is 3.37. The highest BCUT2D eigenvalue weighted by Gasteiger charge is 2.17. The third-order valence-electron chi connectivity index (χ3n) is 4.30. The zero-order chi connectivity index (χ0) is 17.9. The number of carbonyl (C=O) groups is 1. The minimum absolute atomic E-state index is 0.263. The molecule has 1 fully saturated rings. The number of pyridine rings is 2. The van der Waals surface area contributed by atoms with Gasteiger partial charge in [0.15, 0.2) is 0 Å². The summed E-state index contributed by atoms with van der Waals surface area (Å²) in [4.78, 5) is 23.3. The van der Waals surface area contributed by atoms with Crippen molar-refractivity contribution in [1.29, 1.82) is 0 Å². The summed E-state index contributed by atoms with van der Waals surface area (Å²) in [5, 5.41) is 4.35. The van der Waals surface area contributed by atoms with Crippen LogP contribution in [0.4, 0.5) is 11.4 Å². The zero-order valence-electron chi connectivity index (χ0n) is 14.0. The minimum Gasteiger partial charge on any atom is -0.378 e. The molecule has 4 rings (SSSR count). The standard InChI is InChI=1S/C19H17ClN4O2/c20-13-5-7-21-16(12-13)19(25)23-15-3-4-17(24-8-10-26-11-9-24)14-2-1-6-22-18(14)15/h1-7,12H,8-11H2,(H,23,25). The molecule has 1 aromatic carbocycles. The van der Waals surface area contributed by atoms with Crippen LogP contribution in [0.5, 0.6) is 0 Å². The van der Waals surface area contributed by atoms with Gasteiger partial charge in [0, 0.05) is 41.6 Å². The summed E-state index contributed by atoms with van der Waals surface area (Å²) in [5.41, 5.74) is 2.74. The van der Waals surface area contributed by atoms with Gasteiger partial charge in [0.1, 0.15) is 5.69 Å². The molecule has 1 amide bonds. The van der Waals surface area contributed by atoms with Crippen molar-refractivity contribution in [1.82, 2.24) is 9.97 Å². The van der Waals surface area contributed by atoms with Crippen LogP contribution in [0.25, 0.3) is 10.9 Å². The number of aromatic nitrogens is 2. The predicted molar refractivity (Wildman–Crippen MR) is 102 cm³/mol. The van der Waals surface area contributed by atoms with Gasteiger partial charge in [0.25, 0.3) is 5.91 Å². The summed E-state index contributed by atoms with van der Waals surface area (Å²) >= 11 is 5.95. The molecule has 1 aliphatic heterocycles. The Morgan fingerprint density at radius 1 is 1.12 bits per heavy atom. The number of hydrogen-bond donors (Lipinski definition) is 1. The van der Waals surface area contributed by atoms with Gasteiger partial charge in [-0.15, -0.1) is 0 Å². The fourth-order valence-electron chi connectivity index (χ4n) is 3.05. The molecule has 26 heavy (non-hydrogen) atoms. The summed E-state index contributed by atoms with van der Waals surface area (Å²) in [6, 6.07) is 11.0. The Bertz CT molecular complexity index is 957. The maximum absolute atomic E-state index is 12.5. The van der Waals surface area contributed by atoms with E-state index in [9.17, 15) is 4.79 Å². The highest BCUT2D eigenvalue weighted by Crippen LogP contribution is 2.31. The first-order valence-corrected chi connectivity index (χ1v) is 8.73. The van der Waals surface area contributed by atoms with Crippen molar-refractivity contribution in [3.63, 3.8) is 0 Å². The Hall–Kier alpha value is -2.70. The average molecular weight is 369 g/mol. The van der Waals surface area contributed by atoms with Gasteiger partial charge < -0.3 is 15.0 Å². The molecular formula is C19H17ClN4O2. The smallest absolute Gasteiger partial charge is 0.274 e. The van der Waals surface area contributed by atoms with E-state index in [0.29, 0.717) is 23.9 Å². The second-order valence-electron chi connectivity index (χ2n) is 5.94. The van der Waals surface area contributed by atoms with Crippen molar-refractivity contribution < 1.29 is 9.53 Å². The molecule has 7 heteroatoms. The zero-order valence-corrected chi connectivity index (χ0v) is 14.7. The normalized spacial score (nSPS) is 14.4. The number of nitrogens with one attached hydrogen (secondary N) is 1. The Kier molecular flexibility index (Phi) is 4.69. The van der Waals surface area contributed by atoms with Gasteiger partial charge in [-0.05, 0) is 36.4 Å². The third-order valence-corrected chi connectivity index (χ3v) is 4.54. The van der Waals surface area contributed by atoms with E-state index in [2.05, 4.69) is 20.2 Å². The lowest BCUT2D eigenvalue weighted by Crippen LogP contribution is -2.36. The molecular weight excluding hydrogens is 352 g/mol. The second kappa shape index (κ2) is 7.27. The van der Waals surface area contributed by atoms with Crippen LogP contribution in [0.2, 0.25) is 5.02 Å². The summed E-state index contributed by atoms with van der Waals surface area (Å²) in [5.74, 6) is -0.321. The molecule has 0 atom stereocenters. The maximum Gasteiger partial charge on any atom is 0.274 e. The lowest BCUT2D eigenvalue weighted by Gasteiger charge is -2.30. The van der Waals surface area contributed by atoms with E-state index in [1.165, 1.54) is 12.3 Å². The second-order valence-corrected chi connectivity index (χ2v) is 6.38. The fourth-order valence-corrected chi connectivity index (χ4v) is 3.21. The molecule has 0 radical (unpaired) electrons. The number of ether oxygens (including phenoxy) is 1. The van der Waals surface area contributed by atoms with Crippen molar-refractivity contribution in [2.75, 3.05) is 36.5 Å². The number of anilines is 2. The van der Waals surface area contributed by atoms with Crippen LogP contribution in [-0.4, -0.2) is 42.2 Å². The van der Waals surface area contributed by atoms with Crippen molar-refractivity contribution in [2.45, 2.75) is 0 Å². The van der Waals surface area contributed by atoms with Crippen LogP contribution in [0.15, 0.2) is 48.8 Å². The van der Waals surface area contributed by atoms with Gasteiger partial charge in [0.05, 0.1) is 24.4 Å². The summed E-state index contributed by atoms with van der Waals surface area (Å²) in [6.07, 6.45) is 3.23. The molecule has 1 N–H and O–H groups in total. The van der Waals surface area contributed by atoms with Gasteiger partial charge in [-0.3, -0.25) is 14.8 Å². The van der Waals surface area contributed by atoms with Gasteiger partial charge in [-0.1, -0.05) is 11.6 Å². The molecule has 0 spiro atoms. The van der Waals surface area contributed by atoms with E-state index in [0.717, 1.165) is 29.7 Å². The minimum atomic E-state index is -0.321. The van der Waals surface area contributed by atoms with Crippen molar-refractivity contribution >= 4 is 39.8 Å². The van der Waals surface area contributed by atoms with E-state index >= 15 is 0 Å². The molecule has 132 valence electrons. The monoisotopic (exact) mass is 368 g/mol. The van der Waals surface area contributed by atoms with Crippen molar-refractivity contribution in [3.05, 3.63) is 59.5 Å².